The van der Waals surface area contributed by atoms with Gasteiger partial charge in [-0.05, 0) is 0 Å². The van der Waals surface area contributed by atoms with Crippen molar-refractivity contribution < 1.29 is 40.0 Å². The quantitative estimate of drug-likeness (QED) is 0.747. The Bertz CT molecular complexity index is 199. The fourth-order valence-corrected chi connectivity index (χ4v) is 2.13. The van der Waals surface area contributed by atoms with E-state index in [-0.39, 0.29) is 19.8 Å². The summed E-state index contributed by atoms with van der Waals surface area (Å²) in [6.45, 7) is 9.30. The van der Waals surface area contributed by atoms with Gasteiger partial charge < -0.3 is 15.3 Å². The SMILES string of the molecule is CCC(C)[C]1([Zr+3])C=CC=C1.CC[O-].CC[O-].CC[O-]. The van der Waals surface area contributed by atoms with E-state index in [0.717, 1.165) is 5.92 Å². The summed E-state index contributed by atoms with van der Waals surface area (Å²) in [6.07, 6.45) is 10.3. The zero-order valence-corrected chi connectivity index (χ0v) is 15.4. The molecule has 0 heterocycles. The molecule has 19 heavy (non-hydrogen) atoms. The topological polar surface area (TPSA) is 69.2 Å². The van der Waals surface area contributed by atoms with Crippen molar-refractivity contribution in [2.24, 2.45) is 5.92 Å². The first-order chi connectivity index (χ1) is 8.93. The zero-order chi connectivity index (χ0) is 15.7. The summed E-state index contributed by atoms with van der Waals surface area (Å²) in [4.78, 5) is 0. The molecule has 0 N–H and O–H groups in total. The molecular weight excluding hydrogens is 319 g/mol. The Hall–Kier alpha value is 0.243. The molecule has 0 saturated carbocycles. The minimum absolute atomic E-state index is 0. The predicted octanol–water partition coefficient (Wildman–Crippen LogP) is 0.964. The van der Waals surface area contributed by atoms with E-state index in [1.54, 1.807) is 45.5 Å². The normalized spacial score (nSPS) is 15.3. The average molecular weight is 348 g/mol. The third-order valence-electron chi connectivity index (χ3n) is 2.28. The molecule has 3 nitrogen and oxygen atoms in total. The van der Waals surface area contributed by atoms with Crippen molar-refractivity contribution in [1.29, 1.82) is 0 Å². The van der Waals surface area contributed by atoms with Crippen LogP contribution in [-0.4, -0.2) is 19.8 Å². The zero-order valence-electron chi connectivity index (χ0n) is 12.9. The van der Waals surface area contributed by atoms with E-state index in [2.05, 4.69) is 38.2 Å². The van der Waals surface area contributed by atoms with Crippen LogP contribution >= 0.6 is 0 Å². The Labute approximate surface area is 134 Å². The number of hydrogen-bond donors (Lipinski definition) is 0. The van der Waals surface area contributed by atoms with Gasteiger partial charge in [-0.3, -0.25) is 0 Å². The molecule has 0 aliphatic heterocycles. The summed E-state index contributed by atoms with van der Waals surface area (Å²) in [5.41, 5.74) is 0. The molecule has 0 aromatic carbocycles. The second-order valence-corrected chi connectivity index (χ2v) is 5.96. The van der Waals surface area contributed by atoms with Crippen LogP contribution in [0.1, 0.15) is 41.0 Å². The summed E-state index contributed by atoms with van der Waals surface area (Å²) in [5, 5.41) is 26.8. The Morgan fingerprint density at radius 2 is 1.16 bits per heavy atom. The summed E-state index contributed by atoms with van der Waals surface area (Å²) in [5.74, 6) is 0.806. The van der Waals surface area contributed by atoms with E-state index < -0.39 is 0 Å². The molecule has 1 aliphatic carbocycles. The molecule has 0 radical (unpaired) electrons. The van der Waals surface area contributed by atoms with Gasteiger partial charge in [0, 0.05) is 0 Å². The molecule has 0 aromatic heterocycles. The minimum Gasteiger partial charge on any atom is -0.855 e. The summed E-state index contributed by atoms with van der Waals surface area (Å²) >= 11 is 1.62. The van der Waals surface area contributed by atoms with Crippen molar-refractivity contribution in [3.05, 3.63) is 24.3 Å². The Morgan fingerprint density at radius 3 is 1.37 bits per heavy atom. The van der Waals surface area contributed by atoms with Crippen molar-refractivity contribution in [2.75, 3.05) is 19.8 Å². The van der Waals surface area contributed by atoms with Crippen LogP contribution in [0.15, 0.2) is 24.3 Å². The van der Waals surface area contributed by atoms with Gasteiger partial charge in [0.25, 0.3) is 0 Å². The smallest absolute Gasteiger partial charge is 0.0809 e. The maximum atomic E-state index is 8.93. The van der Waals surface area contributed by atoms with Crippen molar-refractivity contribution in [3.8, 4) is 0 Å². The second-order valence-electron chi connectivity index (χ2n) is 3.83. The van der Waals surface area contributed by atoms with Gasteiger partial charge in [-0.25, -0.2) is 0 Å². The van der Waals surface area contributed by atoms with Gasteiger partial charge in [0.05, 0.1) is 0 Å². The van der Waals surface area contributed by atoms with Crippen LogP contribution in [0.25, 0.3) is 0 Å². The fourth-order valence-electron chi connectivity index (χ4n) is 1.15. The minimum atomic E-state index is 0. The number of rotatable bonds is 2. The van der Waals surface area contributed by atoms with Crippen molar-refractivity contribution in [1.82, 2.24) is 0 Å². The molecule has 4 heteroatoms. The van der Waals surface area contributed by atoms with E-state index >= 15 is 0 Å². The number of hydrogen-bond acceptors (Lipinski definition) is 3. The standard InChI is InChI=1S/C9H13.3C2H5O.Zr/c1-3-8(2)9-6-4-5-7-9;3*1-2-3;/h4-8H,3H2,1-2H3;3*2H2,1H3;/q;3*-1;+3. The van der Waals surface area contributed by atoms with Crippen LogP contribution in [-0.2, 0) is 24.7 Å². The monoisotopic (exact) mass is 346 g/mol. The van der Waals surface area contributed by atoms with E-state index in [1.165, 1.54) is 6.42 Å². The fraction of sp³-hybridized carbons (Fsp3) is 0.733. The first-order valence-corrected chi connectivity index (χ1v) is 8.03. The van der Waals surface area contributed by atoms with Gasteiger partial charge in [0.2, 0.25) is 0 Å². The first kappa shape index (κ1) is 24.3. The van der Waals surface area contributed by atoms with Crippen molar-refractivity contribution in [2.45, 2.75) is 44.2 Å². The second kappa shape index (κ2) is 18.2. The summed E-state index contributed by atoms with van der Waals surface area (Å²) < 4.78 is 0.432. The summed E-state index contributed by atoms with van der Waals surface area (Å²) in [6, 6.07) is 0. The van der Waals surface area contributed by atoms with Crippen LogP contribution in [0.5, 0.6) is 0 Å². The summed E-state index contributed by atoms with van der Waals surface area (Å²) in [7, 11) is 0. The van der Waals surface area contributed by atoms with Crippen molar-refractivity contribution >= 4 is 0 Å². The molecule has 0 amide bonds. The van der Waals surface area contributed by atoms with Crippen LogP contribution in [0.2, 0.25) is 3.12 Å². The number of allylic oxidation sites excluding steroid dienone is 4. The molecule has 0 fully saturated rings. The molecule has 1 atom stereocenters. The van der Waals surface area contributed by atoms with Gasteiger partial charge in [-0.2, -0.15) is 0 Å². The molecule has 0 bridgehead atoms. The predicted molar refractivity (Wildman–Crippen MR) is 72.1 cm³/mol. The Kier molecular flexibility index (Phi) is 23.3. The maximum absolute atomic E-state index is 8.93. The van der Waals surface area contributed by atoms with Crippen LogP contribution in [0.3, 0.4) is 0 Å². The van der Waals surface area contributed by atoms with Crippen LogP contribution in [0, 0.1) is 5.92 Å². The molecular formula is C15H28O3Zr. The first-order valence-electron chi connectivity index (χ1n) is 6.80. The molecule has 0 saturated heterocycles. The molecule has 0 aromatic rings. The Morgan fingerprint density at radius 1 is 0.895 bits per heavy atom. The van der Waals surface area contributed by atoms with E-state index in [0.29, 0.717) is 3.12 Å². The largest absolute Gasteiger partial charge is 0.855 e. The van der Waals surface area contributed by atoms with Gasteiger partial charge in [-0.15, -0.1) is 19.8 Å². The van der Waals surface area contributed by atoms with Crippen molar-refractivity contribution in [3.63, 3.8) is 0 Å². The van der Waals surface area contributed by atoms with E-state index in [9.17, 15) is 0 Å². The third-order valence-corrected chi connectivity index (χ3v) is 4.31. The Balaban J connectivity index is -0.000000238. The maximum Gasteiger partial charge on any atom is -0.0809 e. The van der Waals surface area contributed by atoms with Gasteiger partial charge in [0.1, 0.15) is 0 Å². The molecule has 1 rings (SSSR count). The van der Waals surface area contributed by atoms with Gasteiger partial charge in [0.15, 0.2) is 0 Å². The van der Waals surface area contributed by atoms with Gasteiger partial charge >= 0.3 is 78.3 Å². The molecule has 0 spiro atoms. The van der Waals surface area contributed by atoms with Gasteiger partial charge in [-0.1, -0.05) is 20.8 Å². The third kappa shape index (κ3) is 16.2. The average Bonchev–Trinajstić information content (AvgIpc) is 2.79. The molecule has 1 aliphatic rings. The van der Waals surface area contributed by atoms with E-state index in [4.69, 9.17) is 15.3 Å². The van der Waals surface area contributed by atoms with E-state index in [1.807, 2.05) is 0 Å². The van der Waals surface area contributed by atoms with Crippen LogP contribution in [0.4, 0.5) is 0 Å². The van der Waals surface area contributed by atoms with Crippen LogP contribution < -0.4 is 15.3 Å². The molecule has 110 valence electrons. The molecule has 1 unspecified atom stereocenters.